The Balaban J connectivity index is 2.20. The molecule has 0 aliphatic carbocycles. The van der Waals surface area contributed by atoms with Crippen molar-refractivity contribution in [1.82, 2.24) is 15.3 Å². The highest BCUT2D eigenvalue weighted by atomic mass is 79.9. The van der Waals surface area contributed by atoms with Gasteiger partial charge in [-0.25, -0.2) is 9.97 Å². The Morgan fingerprint density at radius 1 is 1.22 bits per heavy atom. The van der Waals surface area contributed by atoms with Crippen LogP contribution < -0.4 is 5.32 Å². The van der Waals surface area contributed by atoms with Crippen LogP contribution in [0.3, 0.4) is 0 Å². The molecule has 18 heavy (non-hydrogen) atoms. The highest BCUT2D eigenvalue weighted by molar-refractivity contribution is 9.10. The molecule has 1 atom stereocenters. The van der Waals surface area contributed by atoms with Crippen molar-refractivity contribution in [3.63, 3.8) is 0 Å². The highest BCUT2D eigenvalue weighted by Crippen LogP contribution is 2.21. The molecule has 0 saturated carbocycles. The van der Waals surface area contributed by atoms with Crippen molar-refractivity contribution < 1.29 is 0 Å². The summed E-state index contributed by atoms with van der Waals surface area (Å²) < 4.78 is 1.12. The van der Waals surface area contributed by atoms with Crippen LogP contribution in [0.25, 0.3) is 0 Å². The molecule has 94 valence electrons. The number of rotatable bonds is 4. The van der Waals surface area contributed by atoms with Crippen LogP contribution in [-0.4, -0.2) is 17.0 Å². The number of aryl methyl sites for hydroxylation is 1. The van der Waals surface area contributed by atoms with E-state index >= 15 is 0 Å². The SMILES string of the molecule is CNC(Cc1ccccc1Br)c1ncc(C)cn1. The van der Waals surface area contributed by atoms with Crippen molar-refractivity contribution in [1.29, 1.82) is 0 Å². The fourth-order valence-electron chi connectivity index (χ4n) is 1.79. The van der Waals surface area contributed by atoms with Crippen LogP contribution in [-0.2, 0) is 6.42 Å². The van der Waals surface area contributed by atoms with Gasteiger partial charge in [0.2, 0.25) is 0 Å². The maximum atomic E-state index is 4.39. The molecule has 3 nitrogen and oxygen atoms in total. The molecule has 0 amide bonds. The average molecular weight is 306 g/mol. The molecule has 1 unspecified atom stereocenters. The van der Waals surface area contributed by atoms with Gasteiger partial charge in [-0.3, -0.25) is 0 Å². The number of likely N-dealkylation sites (N-methyl/N-ethyl adjacent to an activating group) is 1. The second-order valence-electron chi connectivity index (χ2n) is 4.26. The Bertz CT molecular complexity index is 511. The van der Waals surface area contributed by atoms with Gasteiger partial charge in [-0.1, -0.05) is 34.1 Å². The molecule has 0 bridgehead atoms. The lowest BCUT2D eigenvalue weighted by molar-refractivity contribution is 0.555. The molecule has 1 N–H and O–H groups in total. The third-order valence-corrected chi connectivity index (χ3v) is 3.62. The van der Waals surface area contributed by atoms with Gasteiger partial charge in [0.15, 0.2) is 0 Å². The van der Waals surface area contributed by atoms with Crippen molar-refractivity contribution >= 4 is 15.9 Å². The van der Waals surface area contributed by atoms with Crippen LogP contribution in [0.2, 0.25) is 0 Å². The first-order valence-corrected chi connectivity index (χ1v) is 6.69. The molecule has 1 heterocycles. The second kappa shape index (κ2) is 6.07. The van der Waals surface area contributed by atoms with E-state index in [2.05, 4.69) is 43.3 Å². The zero-order valence-corrected chi connectivity index (χ0v) is 12.1. The van der Waals surface area contributed by atoms with E-state index in [9.17, 15) is 0 Å². The zero-order chi connectivity index (χ0) is 13.0. The fraction of sp³-hybridized carbons (Fsp3) is 0.286. The Labute approximate surface area is 116 Å². The van der Waals surface area contributed by atoms with E-state index < -0.39 is 0 Å². The van der Waals surface area contributed by atoms with Crippen LogP contribution in [0, 0.1) is 6.92 Å². The molecular weight excluding hydrogens is 290 g/mol. The molecule has 0 aliphatic rings. The summed E-state index contributed by atoms with van der Waals surface area (Å²) in [6, 6.07) is 8.36. The minimum atomic E-state index is 0.129. The summed E-state index contributed by atoms with van der Waals surface area (Å²) in [5, 5.41) is 3.27. The number of hydrogen-bond donors (Lipinski definition) is 1. The molecule has 2 rings (SSSR count). The normalized spacial score (nSPS) is 12.4. The van der Waals surface area contributed by atoms with Gasteiger partial charge in [-0.15, -0.1) is 0 Å². The number of nitrogens with zero attached hydrogens (tertiary/aromatic N) is 2. The molecule has 1 aromatic heterocycles. The van der Waals surface area contributed by atoms with Gasteiger partial charge in [0, 0.05) is 16.9 Å². The predicted octanol–water partition coefficient (Wildman–Crippen LogP) is 3.05. The van der Waals surface area contributed by atoms with E-state index in [-0.39, 0.29) is 6.04 Å². The van der Waals surface area contributed by atoms with E-state index in [0.717, 1.165) is 22.3 Å². The molecule has 0 saturated heterocycles. The van der Waals surface area contributed by atoms with E-state index in [1.807, 2.05) is 38.5 Å². The number of nitrogens with one attached hydrogen (secondary N) is 1. The molecule has 2 aromatic rings. The maximum absolute atomic E-state index is 4.39. The molecular formula is C14H16BrN3. The molecule has 1 aromatic carbocycles. The van der Waals surface area contributed by atoms with Gasteiger partial charge < -0.3 is 5.32 Å². The quantitative estimate of drug-likeness (QED) is 0.943. The summed E-state index contributed by atoms with van der Waals surface area (Å²) in [5.74, 6) is 0.832. The summed E-state index contributed by atoms with van der Waals surface area (Å²) in [7, 11) is 1.94. The van der Waals surface area contributed by atoms with Crippen molar-refractivity contribution in [2.24, 2.45) is 0 Å². The van der Waals surface area contributed by atoms with Crippen LogP contribution >= 0.6 is 15.9 Å². The van der Waals surface area contributed by atoms with Gasteiger partial charge in [-0.05, 0) is 37.6 Å². The molecule has 0 aliphatic heterocycles. The highest BCUT2D eigenvalue weighted by Gasteiger charge is 2.14. The lowest BCUT2D eigenvalue weighted by Crippen LogP contribution is -2.21. The number of hydrogen-bond acceptors (Lipinski definition) is 3. The lowest BCUT2D eigenvalue weighted by atomic mass is 10.1. The molecule has 0 fully saturated rings. The largest absolute Gasteiger partial charge is 0.310 e. The van der Waals surface area contributed by atoms with E-state index in [0.29, 0.717) is 0 Å². The zero-order valence-electron chi connectivity index (χ0n) is 10.5. The van der Waals surface area contributed by atoms with Gasteiger partial charge >= 0.3 is 0 Å². The predicted molar refractivity (Wildman–Crippen MR) is 76.4 cm³/mol. The standard InChI is InChI=1S/C14H16BrN3/c1-10-8-17-14(18-9-10)13(16-2)7-11-5-3-4-6-12(11)15/h3-6,8-9,13,16H,7H2,1-2H3. The lowest BCUT2D eigenvalue weighted by Gasteiger charge is -2.15. The molecule has 0 radical (unpaired) electrons. The summed E-state index contributed by atoms with van der Waals surface area (Å²) in [6.07, 6.45) is 4.57. The number of aromatic nitrogens is 2. The van der Waals surface area contributed by atoms with Crippen LogP contribution in [0.15, 0.2) is 41.1 Å². The Kier molecular flexibility index (Phi) is 4.44. The van der Waals surface area contributed by atoms with Crippen molar-refractivity contribution in [2.75, 3.05) is 7.05 Å². The monoisotopic (exact) mass is 305 g/mol. The fourth-order valence-corrected chi connectivity index (χ4v) is 2.24. The summed E-state index contributed by atoms with van der Waals surface area (Å²) in [4.78, 5) is 8.77. The smallest absolute Gasteiger partial charge is 0.145 e. The Morgan fingerprint density at radius 2 is 1.89 bits per heavy atom. The number of benzene rings is 1. The van der Waals surface area contributed by atoms with Gasteiger partial charge in [-0.2, -0.15) is 0 Å². The minimum Gasteiger partial charge on any atom is -0.310 e. The third kappa shape index (κ3) is 3.15. The summed E-state index contributed by atoms with van der Waals surface area (Å²) in [6.45, 7) is 1.99. The molecule has 0 spiro atoms. The number of halogens is 1. The van der Waals surface area contributed by atoms with Gasteiger partial charge in [0.25, 0.3) is 0 Å². The van der Waals surface area contributed by atoms with Crippen molar-refractivity contribution in [2.45, 2.75) is 19.4 Å². The summed E-state index contributed by atoms with van der Waals surface area (Å²) in [5.41, 5.74) is 2.33. The topological polar surface area (TPSA) is 37.8 Å². The van der Waals surface area contributed by atoms with Gasteiger partial charge in [0.05, 0.1) is 6.04 Å². The third-order valence-electron chi connectivity index (χ3n) is 2.84. The van der Waals surface area contributed by atoms with Crippen LogP contribution in [0.1, 0.15) is 23.0 Å². The van der Waals surface area contributed by atoms with Crippen molar-refractivity contribution in [3.05, 3.63) is 58.1 Å². The first-order chi connectivity index (χ1) is 8.70. The van der Waals surface area contributed by atoms with Gasteiger partial charge in [0.1, 0.15) is 5.82 Å². The van der Waals surface area contributed by atoms with Crippen LogP contribution in [0.5, 0.6) is 0 Å². The second-order valence-corrected chi connectivity index (χ2v) is 5.11. The molecule has 4 heteroatoms. The average Bonchev–Trinajstić information content (AvgIpc) is 2.39. The first-order valence-electron chi connectivity index (χ1n) is 5.90. The Morgan fingerprint density at radius 3 is 2.50 bits per heavy atom. The Hall–Kier alpha value is -1.26. The van der Waals surface area contributed by atoms with E-state index in [4.69, 9.17) is 0 Å². The first kappa shape index (κ1) is 13.2. The van der Waals surface area contributed by atoms with Crippen LogP contribution in [0.4, 0.5) is 0 Å². The maximum Gasteiger partial charge on any atom is 0.145 e. The minimum absolute atomic E-state index is 0.129. The van der Waals surface area contributed by atoms with Crippen molar-refractivity contribution in [3.8, 4) is 0 Å². The van der Waals surface area contributed by atoms with E-state index in [1.165, 1.54) is 5.56 Å². The summed E-state index contributed by atoms with van der Waals surface area (Å²) >= 11 is 3.57. The van der Waals surface area contributed by atoms with E-state index in [1.54, 1.807) is 0 Å².